The van der Waals surface area contributed by atoms with E-state index in [9.17, 15) is 9.59 Å². The van der Waals surface area contributed by atoms with E-state index in [2.05, 4.69) is 0 Å². The van der Waals surface area contributed by atoms with Crippen molar-refractivity contribution in [3.05, 3.63) is 83.0 Å². The van der Waals surface area contributed by atoms with Gasteiger partial charge in [-0.3, -0.25) is 4.79 Å². The Morgan fingerprint density at radius 1 is 1.07 bits per heavy atom. The van der Waals surface area contributed by atoms with Crippen molar-refractivity contribution in [3.8, 4) is 17.2 Å². The number of hydrogen-bond acceptors (Lipinski definition) is 6. The van der Waals surface area contributed by atoms with Crippen LogP contribution in [0.5, 0.6) is 17.2 Å². The van der Waals surface area contributed by atoms with Crippen molar-refractivity contribution < 1.29 is 28.2 Å². The molecule has 6 heteroatoms. The van der Waals surface area contributed by atoms with Gasteiger partial charge < -0.3 is 18.6 Å². The number of allylic oxidation sites excluding steroid dienone is 1. The summed E-state index contributed by atoms with van der Waals surface area (Å²) < 4.78 is 21.5. The quantitative estimate of drug-likeness (QED) is 0.381. The van der Waals surface area contributed by atoms with Gasteiger partial charge in [0.25, 0.3) is 0 Å². The van der Waals surface area contributed by atoms with Gasteiger partial charge in [-0.1, -0.05) is 6.07 Å². The Kier molecular flexibility index (Phi) is 4.45. The molecule has 0 saturated carbocycles. The third-order valence-corrected chi connectivity index (χ3v) is 4.28. The van der Waals surface area contributed by atoms with Gasteiger partial charge in [-0.25, -0.2) is 4.79 Å². The van der Waals surface area contributed by atoms with Gasteiger partial charge in [0.15, 0.2) is 5.76 Å². The highest BCUT2D eigenvalue weighted by Crippen LogP contribution is 2.37. The van der Waals surface area contributed by atoms with Crippen LogP contribution >= 0.6 is 0 Å². The molecule has 28 heavy (non-hydrogen) atoms. The third kappa shape index (κ3) is 3.27. The number of fused-ring (bicyclic) bond motifs is 1. The predicted molar refractivity (Wildman–Crippen MR) is 101 cm³/mol. The van der Waals surface area contributed by atoms with Crippen molar-refractivity contribution in [2.24, 2.45) is 0 Å². The molecule has 2 heterocycles. The third-order valence-electron chi connectivity index (χ3n) is 4.28. The minimum absolute atomic E-state index is 0.157. The predicted octanol–water partition coefficient (Wildman–Crippen LogP) is 4.43. The first-order chi connectivity index (χ1) is 13.5. The zero-order valence-electron chi connectivity index (χ0n) is 15.2. The molecule has 2 aromatic carbocycles. The largest absolute Gasteiger partial charge is 0.497 e. The molecular formula is C22H16O6. The molecule has 1 aromatic heterocycles. The van der Waals surface area contributed by atoms with Gasteiger partial charge in [0.1, 0.15) is 23.0 Å². The fourth-order valence-corrected chi connectivity index (χ4v) is 2.95. The molecule has 0 unspecified atom stereocenters. The van der Waals surface area contributed by atoms with Crippen LogP contribution in [-0.2, 0) is 0 Å². The summed E-state index contributed by atoms with van der Waals surface area (Å²) in [6.07, 6.45) is 3.05. The number of carbonyl (C=O) groups is 2. The van der Waals surface area contributed by atoms with Crippen LogP contribution in [0.15, 0.2) is 65.0 Å². The van der Waals surface area contributed by atoms with E-state index in [4.69, 9.17) is 18.6 Å². The Hall–Kier alpha value is -3.80. The average Bonchev–Trinajstić information content (AvgIpc) is 3.30. The van der Waals surface area contributed by atoms with E-state index in [1.165, 1.54) is 25.5 Å². The number of methoxy groups -OCH3 is 1. The molecule has 0 spiro atoms. The minimum Gasteiger partial charge on any atom is -0.497 e. The Balaban J connectivity index is 1.60. The fraction of sp³-hybridized carbons (Fsp3) is 0.0909. The SMILES string of the molecule is COc1cccc(C(=O)Oc2cc(C)c3c(c2)O/C(=C\c2ccco2)C3=O)c1. The van der Waals surface area contributed by atoms with Crippen LogP contribution in [0, 0.1) is 6.92 Å². The molecule has 1 aliphatic rings. The summed E-state index contributed by atoms with van der Waals surface area (Å²) in [5.41, 5.74) is 1.45. The maximum Gasteiger partial charge on any atom is 0.343 e. The molecule has 0 N–H and O–H groups in total. The van der Waals surface area contributed by atoms with Crippen LogP contribution < -0.4 is 14.2 Å². The second-order valence-electron chi connectivity index (χ2n) is 6.19. The lowest BCUT2D eigenvalue weighted by Crippen LogP contribution is -2.09. The number of ketones is 1. The lowest BCUT2D eigenvalue weighted by molar-refractivity contribution is 0.0734. The Labute approximate surface area is 160 Å². The summed E-state index contributed by atoms with van der Waals surface area (Å²) in [6, 6.07) is 13.3. The highest BCUT2D eigenvalue weighted by Gasteiger charge is 2.30. The Morgan fingerprint density at radius 2 is 1.93 bits per heavy atom. The van der Waals surface area contributed by atoms with Gasteiger partial charge in [-0.05, 0) is 48.9 Å². The summed E-state index contributed by atoms with van der Waals surface area (Å²) in [6.45, 7) is 1.76. The zero-order chi connectivity index (χ0) is 19.7. The monoisotopic (exact) mass is 376 g/mol. The standard InChI is InChI=1S/C22H16O6/c1-13-9-17(27-22(24)14-5-3-6-15(10-14)25-2)12-18-20(13)21(23)19(28-18)11-16-7-4-8-26-16/h3-12H,1-2H3/b19-11-. The summed E-state index contributed by atoms with van der Waals surface area (Å²) >= 11 is 0. The topological polar surface area (TPSA) is 75.0 Å². The van der Waals surface area contributed by atoms with E-state index in [0.29, 0.717) is 33.9 Å². The van der Waals surface area contributed by atoms with Crippen LogP contribution in [-0.4, -0.2) is 18.9 Å². The van der Waals surface area contributed by atoms with Gasteiger partial charge >= 0.3 is 5.97 Å². The van der Waals surface area contributed by atoms with Crippen molar-refractivity contribution in [1.82, 2.24) is 0 Å². The highest BCUT2D eigenvalue weighted by molar-refractivity contribution is 6.15. The number of hydrogen-bond donors (Lipinski definition) is 0. The first-order valence-electron chi connectivity index (χ1n) is 8.54. The lowest BCUT2D eigenvalue weighted by atomic mass is 10.0. The van der Waals surface area contributed by atoms with E-state index in [-0.39, 0.29) is 17.3 Å². The molecule has 0 radical (unpaired) electrons. The number of esters is 1. The number of carbonyl (C=O) groups excluding carboxylic acids is 2. The summed E-state index contributed by atoms with van der Waals surface area (Å²) in [5, 5.41) is 0. The van der Waals surface area contributed by atoms with Crippen molar-refractivity contribution in [2.45, 2.75) is 6.92 Å². The second kappa shape index (κ2) is 7.08. The number of Topliss-reactive ketones (excluding diaryl/α,β-unsaturated/α-hetero) is 1. The van der Waals surface area contributed by atoms with E-state index in [0.717, 1.165) is 0 Å². The number of furan rings is 1. The molecule has 1 aliphatic heterocycles. The maximum absolute atomic E-state index is 12.6. The van der Waals surface area contributed by atoms with Crippen LogP contribution in [0.1, 0.15) is 32.0 Å². The van der Waals surface area contributed by atoms with E-state index in [1.54, 1.807) is 49.4 Å². The molecule has 4 rings (SSSR count). The molecule has 140 valence electrons. The van der Waals surface area contributed by atoms with Crippen molar-refractivity contribution in [1.29, 1.82) is 0 Å². The molecule has 0 bridgehead atoms. The summed E-state index contributed by atoms with van der Waals surface area (Å²) in [4.78, 5) is 25.0. The van der Waals surface area contributed by atoms with Crippen molar-refractivity contribution in [2.75, 3.05) is 7.11 Å². The lowest BCUT2D eigenvalue weighted by Gasteiger charge is -2.08. The minimum atomic E-state index is -0.533. The normalized spacial score (nSPS) is 13.9. The van der Waals surface area contributed by atoms with Gasteiger partial charge in [-0.2, -0.15) is 0 Å². The maximum atomic E-state index is 12.6. The van der Waals surface area contributed by atoms with Crippen LogP contribution in [0.4, 0.5) is 0 Å². The van der Waals surface area contributed by atoms with E-state index in [1.807, 2.05) is 0 Å². The smallest absolute Gasteiger partial charge is 0.343 e. The number of aryl methyl sites for hydroxylation is 1. The van der Waals surface area contributed by atoms with E-state index < -0.39 is 5.97 Å². The highest BCUT2D eigenvalue weighted by atomic mass is 16.5. The van der Waals surface area contributed by atoms with Crippen LogP contribution in [0.3, 0.4) is 0 Å². The van der Waals surface area contributed by atoms with Gasteiger partial charge in [0.2, 0.25) is 5.78 Å². The second-order valence-corrected chi connectivity index (χ2v) is 6.19. The van der Waals surface area contributed by atoms with Gasteiger partial charge in [0.05, 0.1) is 24.5 Å². The van der Waals surface area contributed by atoms with Crippen molar-refractivity contribution >= 4 is 17.8 Å². The summed E-state index contributed by atoms with van der Waals surface area (Å²) in [5.74, 6) is 1.08. The molecule has 0 fully saturated rings. The van der Waals surface area contributed by atoms with Crippen LogP contribution in [0.25, 0.3) is 6.08 Å². The molecule has 0 atom stereocenters. The van der Waals surface area contributed by atoms with Crippen molar-refractivity contribution in [3.63, 3.8) is 0 Å². The molecule has 0 saturated heterocycles. The molecule has 6 nitrogen and oxygen atoms in total. The molecule has 0 amide bonds. The fourth-order valence-electron chi connectivity index (χ4n) is 2.95. The summed E-state index contributed by atoms with van der Waals surface area (Å²) in [7, 11) is 1.52. The molecular weight excluding hydrogens is 360 g/mol. The first-order valence-corrected chi connectivity index (χ1v) is 8.54. The Bertz CT molecular complexity index is 1090. The number of ether oxygens (including phenoxy) is 3. The number of rotatable bonds is 4. The molecule has 3 aromatic rings. The zero-order valence-corrected chi connectivity index (χ0v) is 15.2. The number of benzene rings is 2. The van der Waals surface area contributed by atoms with Crippen LogP contribution in [0.2, 0.25) is 0 Å². The Morgan fingerprint density at radius 3 is 2.68 bits per heavy atom. The molecule has 0 aliphatic carbocycles. The van der Waals surface area contributed by atoms with E-state index >= 15 is 0 Å². The van der Waals surface area contributed by atoms with Gasteiger partial charge in [-0.15, -0.1) is 0 Å². The average molecular weight is 376 g/mol. The van der Waals surface area contributed by atoms with Gasteiger partial charge in [0, 0.05) is 12.1 Å². The first kappa shape index (κ1) is 17.6.